The summed E-state index contributed by atoms with van der Waals surface area (Å²) in [7, 11) is 0. The molecule has 1 amide bonds. The molecule has 1 aromatic rings. The third kappa shape index (κ3) is 6.10. The van der Waals surface area contributed by atoms with Crippen LogP contribution in [0.15, 0.2) is 18.2 Å². The van der Waals surface area contributed by atoms with Crippen molar-refractivity contribution in [1.29, 1.82) is 0 Å². The molecule has 116 valence electrons. The van der Waals surface area contributed by atoms with Gasteiger partial charge in [0, 0.05) is 31.9 Å². The lowest BCUT2D eigenvalue weighted by atomic mass is 10.2. The van der Waals surface area contributed by atoms with Gasteiger partial charge in [0.15, 0.2) is 0 Å². The lowest BCUT2D eigenvalue weighted by Gasteiger charge is -2.07. The van der Waals surface area contributed by atoms with Crippen molar-refractivity contribution in [2.45, 2.75) is 26.2 Å². The highest BCUT2D eigenvalue weighted by molar-refractivity contribution is 6.34. The number of halogens is 1. The molecule has 1 rings (SSSR count). The minimum absolute atomic E-state index is 0.0703. The molecule has 0 saturated heterocycles. The SMILES string of the molecule is CCCCOCCCNC(=O)c1ccc([N+](=O)[O-])cc1Cl. The van der Waals surface area contributed by atoms with Crippen LogP contribution in [0.5, 0.6) is 0 Å². The van der Waals surface area contributed by atoms with Crippen LogP contribution >= 0.6 is 11.6 Å². The molecule has 1 aromatic carbocycles. The second-order valence-corrected chi connectivity index (χ2v) is 4.90. The lowest BCUT2D eigenvalue weighted by molar-refractivity contribution is -0.384. The van der Waals surface area contributed by atoms with E-state index in [-0.39, 0.29) is 22.2 Å². The van der Waals surface area contributed by atoms with Gasteiger partial charge in [-0.15, -0.1) is 0 Å². The molecule has 7 heteroatoms. The number of unbranched alkanes of at least 4 members (excludes halogenated alkanes) is 1. The third-order valence-electron chi connectivity index (χ3n) is 2.80. The zero-order valence-corrected chi connectivity index (χ0v) is 12.7. The Hall–Kier alpha value is -1.66. The van der Waals surface area contributed by atoms with E-state index in [0.29, 0.717) is 19.6 Å². The van der Waals surface area contributed by atoms with Crippen LogP contribution in [0.2, 0.25) is 5.02 Å². The highest BCUT2D eigenvalue weighted by atomic mass is 35.5. The number of ether oxygens (including phenoxy) is 1. The molecule has 21 heavy (non-hydrogen) atoms. The molecular formula is C14H19ClN2O4. The molecule has 0 fully saturated rings. The van der Waals surface area contributed by atoms with Crippen molar-refractivity contribution in [3.8, 4) is 0 Å². The van der Waals surface area contributed by atoms with Crippen molar-refractivity contribution >= 4 is 23.2 Å². The zero-order chi connectivity index (χ0) is 15.7. The summed E-state index contributed by atoms with van der Waals surface area (Å²) in [4.78, 5) is 21.9. The molecule has 0 spiro atoms. The van der Waals surface area contributed by atoms with E-state index >= 15 is 0 Å². The van der Waals surface area contributed by atoms with Gasteiger partial charge in [0.2, 0.25) is 0 Å². The van der Waals surface area contributed by atoms with Gasteiger partial charge in [0.1, 0.15) is 0 Å². The van der Waals surface area contributed by atoms with E-state index < -0.39 is 4.92 Å². The van der Waals surface area contributed by atoms with E-state index in [9.17, 15) is 14.9 Å². The molecule has 0 heterocycles. The highest BCUT2D eigenvalue weighted by Crippen LogP contribution is 2.22. The molecule has 1 N–H and O–H groups in total. The molecule has 0 aliphatic rings. The Morgan fingerprint density at radius 2 is 2.10 bits per heavy atom. The summed E-state index contributed by atoms with van der Waals surface area (Å²) < 4.78 is 5.38. The number of benzene rings is 1. The number of nitro benzene ring substituents is 1. The smallest absolute Gasteiger partial charge is 0.270 e. The average molecular weight is 315 g/mol. The topological polar surface area (TPSA) is 81.5 Å². The van der Waals surface area contributed by atoms with Crippen LogP contribution in [-0.2, 0) is 4.74 Å². The van der Waals surface area contributed by atoms with Crippen LogP contribution in [0.3, 0.4) is 0 Å². The number of nitro groups is 1. The van der Waals surface area contributed by atoms with Crippen LogP contribution in [0, 0.1) is 10.1 Å². The summed E-state index contributed by atoms with van der Waals surface area (Å²) in [6.07, 6.45) is 2.83. The summed E-state index contributed by atoms with van der Waals surface area (Å²) in [6, 6.07) is 3.78. The van der Waals surface area contributed by atoms with Gasteiger partial charge >= 0.3 is 0 Å². The fraction of sp³-hybridized carbons (Fsp3) is 0.500. The van der Waals surface area contributed by atoms with Crippen LogP contribution in [-0.4, -0.2) is 30.6 Å². The predicted molar refractivity (Wildman–Crippen MR) is 80.8 cm³/mol. The van der Waals surface area contributed by atoms with Gasteiger partial charge in [0.05, 0.1) is 15.5 Å². The van der Waals surface area contributed by atoms with Gasteiger partial charge in [-0.05, 0) is 18.9 Å². The van der Waals surface area contributed by atoms with E-state index in [1.54, 1.807) is 0 Å². The second kappa shape index (κ2) is 9.31. The maximum atomic E-state index is 11.9. The minimum Gasteiger partial charge on any atom is -0.381 e. The van der Waals surface area contributed by atoms with E-state index in [1.165, 1.54) is 18.2 Å². The Morgan fingerprint density at radius 3 is 2.71 bits per heavy atom. The van der Waals surface area contributed by atoms with Crippen molar-refractivity contribution in [3.63, 3.8) is 0 Å². The Kier molecular flexibility index (Phi) is 7.71. The van der Waals surface area contributed by atoms with E-state index in [4.69, 9.17) is 16.3 Å². The first-order valence-electron chi connectivity index (χ1n) is 6.86. The Morgan fingerprint density at radius 1 is 1.38 bits per heavy atom. The Labute approximate surface area is 128 Å². The fourth-order valence-corrected chi connectivity index (χ4v) is 1.88. The van der Waals surface area contributed by atoms with Gasteiger partial charge < -0.3 is 10.1 Å². The van der Waals surface area contributed by atoms with Gasteiger partial charge in [-0.2, -0.15) is 0 Å². The van der Waals surface area contributed by atoms with Gasteiger partial charge in [-0.3, -0.25) is 14.9 Å². The third-order valence-corrected chi connectivity index (χ3v) is 3.11. The molecule has 6 nitrogen and oxygen atoms in total. The monoisotopic (exact) mass is 314 g/mol. The normalized spacial score (nSPS) is 10.4. The lowest BCUT2D eigenvalue weighted by Crippen LogP contribution is -2.25. The summed E-state index contributed by atoms with van der Waals surface area (Å²) in [5.41, 5.74) is 0.0926. The number of amides is 1. The number of hydrogen-bond acceptors (Lipinski definition) is 4. The van der Waals surface area contributed by atoms with E-state index in [2.05, 4.69) is 12.2 Å². The van der Waals surface area contributed by atoms with Gasteiger partial charge in [-0.25, -0.2) is 0 Å². The molecule has 0 aliphatic carbocycles. The summed E-state index contributed by atoms with van der Waals surface area (Å²) in [5, 5.41) is 13.4. The summed E-state index contributed by atoms with van der Waals surface area (Å²) in [5.74, 6) is -0.344. The Balaban J connectivity index is 2.37. The number of carbonyl (C=O) groups excluding carboxylic acids is 1. The predicted octanol–water partition coefficient (Wildman–Crippen LogP) is 3.18. The van der Waals surface area contributed by atoms with Gasteiger partial charge in [0.25, 0.3) is 11.6 Å². The standard InChI is InChI=1S/C14H19ClN2O4/c1-2-3-8-21-9-4-7-16-14(18)12-6-5-11(17(19)20)10-13(12)15/h5-6,10H,2-4,7-9H2,1H3,(H,16,18). The average Bonchev–Trinajstić information content (AvgIpc) is 2.45. The summed E-state index contributed by atoms with van der Waals surface area (Å²) in [6.45, 7) is 3.89. The first-order valence-corrected chi connectivity index (χ1v) is 7.24. The number of rotatable bonds is 9. The van der Waals surface area contributed by atoms with Crippen molar-refractivity contribution in [2.24, 2.45) is 0 Å². The molecule has 0 bridgehead atoms. The zero-order valence-electron chi connectivity index (χ0n) is 11.9. The van der Waals surface area contributed by atoms with E-state index in [0.717, 1.165) is 19.4 Å². The maximum absolute atomic E-state index is 11.9. The van der Waals surface area contributed by atoms with Crippen LogP contribution in [0.25, 0.3) is 0 Å². The quantitative estimate of drug-likeness (QED) is 0.431. The maximum Gasteiger partial charge on any atom is 0.270 e. The molecule has 0 radical (unpaired) electrons. The van der Waals surface area contributed by atoms with Crippen molar-refractivity contribution in [3.05, 3.63) is 38.9 Å². The minimum atomic E-state index is -0.554. The number of non-ortho nitro benzene ring substituents is 1. The number of hydrogen-bond donors (Lipinski definition) is 1. The van der Waals surface area contributed by atoms with Crippen LogP contribution in [0.1, 0.15) is 36.5 Å². The molecule has 0 aromatic heterocycles. The first-order chi connectivity index (χ1) is 10.1. The molecular weight excluding hydrogens is 296 g/mol. The molecule has 0 atom stereocenters. The van der Waals surface area contributed by atoms with E-state index in [1.807, 2.05) is 0 Å². The molecule has 0 saturated carbocycles. The van der Waals surface area contributed by atoms with Crippen LogP contribution in [0.4, 0.5) is 5.69 Å². The van der Waals surface area contributed by atoms with Crippen LogP contribution < -0.4 is 5.32 Å². The van der Waals surface area contributed by atoms with Crippen molar-refractivity contribution in [1.82, 2.24) is 5.32 Å². The molecule has 0 aliphatic heterocycles. The number of carbonyl (C=O) groups is 1. The second-order valence-electron chi connectivity index (χ2n) is 4.50. The summed E-state index contributed by atoms with van der Waals surface area (Å²) >= 11 is 5.88. The first kappa shape index (κ1) is 17.4. The number of nitrogens with one attached hydrogen (secondary N) is 1. The Bertz CT molecular complexity index is 494. The molecule has 0 unspecified atom stereocenters. The number of nitrogens with zero attached hydrogens (tertiary/aromatic N) is 1. The largest absolute Gasteiger partial charge is 0.381 e. The highest BCUT2D eigenvalue weighted by Gasteiger charge is 2.14. The van der Waals surface area contributed by atoms with Crippen molar-refractivity contribution in [2.75, 3.05) is 19.8 Å². The van der Waals surface area contributed by atoms with Crippen molar-refractivity contribution < 1.29 is 14.5 Å². The fourth-order valence-electron chi connectivity index (χ4n) is 1.62. The van der Waals surface area contributed by atoms with Gasteiger partial charge in [-0.1, -0.05) is 24.9 Å².